The molecule has 0 aromatic heterocycles. The molecule has 0 aliphatic rings. The minimum absolute atomic E-state index is 0.0448. The molecular formula is C10H8BrF2NO. The molecule has 1 atom stereocenters. The molecule has 2 nitrogen and oxygen atoms in total. The summed E-state index contributed by atoms with van der Waals surface area (Å²) in [6.07, 6.45) is 0. The van der Waals surface area contributed by atoms with Crippen LogP contribution in [0.25, 0.3) is 0 Å². The SMILES string of the molecule is CC(O)(c1ccc(C#N)cc1)C(F)(F)Br. The van der Waals surface area contributed by atoms with Gasteiger partial charge in [0, 0.05) is 0 Å². The maximum absolute atomic E-state index is 13.0. The number of alkyl halides is 3. The molecule has 15 heavy (non-hydrogen) atoms. The standard InChI is InChI=1S/C10H8BrF2NO/c1-9(15,10(11,12)13)8-4-2-7(6-14)3-5-8/h2-5,15H,1H3. The van der Waals surface area contributed by atoms with Gasteiger partial charge in [-0.3, -0.25) is 0 Å². The average molecular weight is 276 g/mol. The van der Waals surface area contributed by atoms with Crippen molar-refractivity contribution in [3.63, 3.8) is 0 Å². The highest BCUT2D eigenvalue weighted by molar-refractivity contribution is 9.10. The summed E-state index contributed by atoms with van der Waals surface area (Å²) in [5.41, 5.74) is -1.91. The van der Waals surface area contributed by atoms with Gasteiger partial charge in [-0.15, -0.1) is 0 Å². The number of hydrogen-bond acceptors (Lipinski definition) is 2. The predicted octanol–water partition coefficient (Wildman–Crippen LogP) is 2.75. The van der Waals surface area contributed by atoms with Gasteiger partial charge in [-0.1, -0.05) is 12.1 Å². The lowest BCUT2D eigenvalue weighted by molar-refractivity contribution is -0.109. The van der Waals surface area contributed by atoms with Gasteiger partial charge < -0.3 is 5.11 Å². The molecule has 80 valence electrons. The van der Waals surface area contributed by atoms with E-state index in [2.05, 4.69) is 15.9 Å². The number of halogens is 3. The smallest absolute Gasteiger partial charge is 0.333 e. The van der Waals surface area contributed by atoms with Crippen molar-refractivity contribution in [3.8, 4) is 6.07 Å². The Morgan fingerprint density at radius 2 is 1.80 bits per heavy atom. The molecule has 0 spiro atoms. The Bertz CT molecular complexity index is 389. The number of rotatable bonds is 2. The molecular weight excluding hydrogens is 268 g/mol. The minimum Gasteiger partial charge on any atom is -0.378 e. The average Bonchev–Trinajstić information content (AvgIpc) is 2.16. The van der Waals surface area contributed by atoms with E-state index in [1.54, 1.807) is 0 Å². The summed E-state index contributed by atoms with van der Waals surface area (Å²) >= 11 is 2.12. The largest absolute Gasteiger partial charge is 0.378 e. The van der Waals surface area contributed by atoms with Crippen molar-refractivity contribution in [1.82, 2.24) is 0 Å². The van der Waals surface area contributed by atoms with Gasteiger partial charge in [-0.2, -0.15) is 14.0 Å². The molecule has 1 aromatic carbocycles. The van der Waals surface area contributed by atoms with Crippen molar-refractivity contribution >= 4 is 15.9 Å². The van der Waals surface area contributed by atoms with E-state index in [0.29, 0.717) is 5.56 Å². The molecule has 0 aliphatic heterocycles. The van der Waals surface area contributed by atoms with Crippen LogP contribution in [0.1, 0.15) is 18.1 Å². The van der Waals surface area contributed by atoms with Crippen LogP contribution in [0.5, 0.6) is 0 Å². The lowest BCUT2D eigenvalue weighted by Gasteiger charge is -2.28. The zero-order valence-corrected chi connectivity index (χ0v) is 9.42. The Labute approximate surface area is 94.3 Å². The molecule has 1 unspecified atom stereocenters. The molecule has 1 N–H and O–H groups in total. The molecule has 0 saturated heterocycles. The number of hydrogen-bond donors (Lipinski definition) is 1. The molecule has 0 radical (unpaired) electrons. The molecule has 0 fully saturated rings. The van der Waals surface area contributed by atoms with Gasteiger partial charge in [0.25, 0.3) is 0 Å². The molecule has 5 heteroatoms. The van der Waals surface area contributed by atoms with Crippen LogP contribution in [0.3, 0.4) is 0 Å². The number of benzene rings is 1. The van der Waals surface area contributed by atoms with Crippen LogP contribution in [-0.4, -0.2) is 9.94 Å². The first-order valence-electron chi connectivity index (χ1n) is 4.09. The van der Waals surface area contributed by atoms with Crippen LogP contribution in [0.15, 0.2) is 24.3 Å². The van der Waals surface area contributed by atoms with E-state index in [9.17, 15) is 13.9 Å². The molecule has 1 aromatic rings. The van der Waals surface area contributed by atoms with Crippen LogP contribution in [0.2, 0.25) is 0 Å². The fraction of sp³-hybridized carbons (Fsp3) is 0.300. The second-order valence-corrected chi connectivity index (χ2v) is 4.26. The van der Waals surface area contributed by atoms with Gasteiger partial charge in [0.15, 0.2) is 5.60 Å². The topological polar surface area (TPSA) is 44.0 Å². The van der Waals surface area contributed by atoms with Gasteiger partial charge in [0.05, 0.1) is 11.6 Å². The zero-order chi connectivity index (χ0) is 11.7. The summed E-state index contributed by atoms with van der Waals surface area (Å²) in [6, 6.07) is 7.22. The van der Waals surface area contributed by atoms with Crippen molar-refractivity contribution in [2.45, 2.75) is 17.4 Å². The van der Waals surface area contributed by atoms with Gasteiger partial charge in [-0.05, 0) is 40.5 Å². The monoisotopic (exact) mass is 275 g/mol. The highest BCUT2D eigenvalue weighted by Gasteiger charge is 2.47. The van der Waals surface area contributed by atoms with E-state index in [-0.39, 0.29) is 5.56 Å². The quantitative estimate of drug-likeness (QED) is 0.844. The van der Waals surface area contributed by atoms with E-state index in [1.165, 1.54) is 24.3 Å². The first-order valence-corrected chi connectivity index (χ1v) is 4.88. The zero-order valence-electron chi connectivity index (χ0n) is 7.84. The normalized spacial score (nSPS) is 15.5. The third-order valence-electron chi connectivity index (χ3n) is 2.13. The lowest BCUT2D eigenvalue weighted by Crippen LogP contribution is -2.37. The molecule has 0 heterocycles. The van der Waals surface area contributed by atoms with Gasteiger partial charge in [-0.25, -0.2) is 0 Å². The Hall–Kier alpha value is -0.990. The highest BCUT2D eigenvalue weighted by Crippen LogP contribution is 2.41. The van der Waals surface area contributed by atoms with Gasteiger partial charge in [0.1, 0.15) is 0 Å². The van der Waals surface area contributed by atoms with E-state index >= 15 is 0 Å². The summed E-state index contributed by atoms with van der Waals surface area (Å²) in [5.74, 6) is 0. The van der Waals surface area contributed by atoms with Crippen molar-refractivity contribution in [2.24, 2.45) is 0 Å². The van der Waals surface area contributed by atoms with Crippen LogP contribution in [-0.2, 0) is 5.60 Å². The minimum atomic E-state index is -3.42. The second kappa shape index (κ2) is 3.87. The van der Waals surface area contributed by atoms with E-state index < -0.39 is 10.4 Å². The Morgan fingerprint density at radius 1 is 1.33 bits per heavy atom. The summed E-state index contributed by atoms with van der Waals surface area (Å²) in [7, 11) is 0. The van der Waals surface area contributed by atoms with E-state index in [4.69, 9.17) is 5.26 Å². The summed E-state index contributed by atoms with van der Waals surface area (Å²) < 4.78 is 25.9. The van der Waals surface area contributed by atoms with Crippen LogP contribution in [0, 0.1) is 11.3 Å². The Morgan fingerprint density at radius 3 is 2.13 bits per heavy atom. The van der Waals surface area contributed by atoms with Gasteiger partial charge >= 0.3 is 4.83 Å². The van der Waals surface area contributed by atoms with Crippen molar-refractivity contribution < 1.29 is 13.9 Å². The highest BCUT2D eigenvalue weighted by atomic mass is 79.9. The first kappa shape index (κ1) is 12.1. The summed E-state index contributed by atoms with van der Waals surface area (Å²) in [4.78, 5) is -3.42. The number of nitriles is 1. The molecule has 0 saturated carbocycles. The molecule has 1 rings (SSSR count). The second-order valence-electron chi connectivity index (χ2n) is 3.26. The number of nitrogens with zero attached hydrogens (tertiary/aromatic N) is 1. The Kier molecular flexibility index (Phi) is 3.12. The van der Waals surface area contributed by atoms with Crippen molar-refractivity contribution in [1.29, 1.82) is 5.26 Å². The third-order valence-corrected chi connectivity index (χ3v) is 2.90. The molecule has 0 bridgehead atoms. The molecule has 0 amide bonds. The predicted molar refractivity (Wildman–Crippen MR) is 54.6 cm³/mol. The van der Waals surface area contributed by atoms with Crippen LogP contribution in [0.4, 0.5) is 8.78 Å². The van der Waals surface area contributed by atoms with Gasteiger partial charge in [0.2, 0.25) is 0 Å². The van der Waals surface area contributed by atoms with Crippen LogP contribution >= 0.6 is 15.9 Å². The van der Waals surface area contributed by atoms with E-state index in [0.717, 1.165) is 6.92 Å². The summed E-state index contributed by atoms with van der Waals surface area (Å²) in [5, 5.41) is 18.1. The fourth-order valence-electron chi connectivity index (χ4n) is 1.03. The van der Waals surface area contributed by atoms with Crippen molar-refractivity contribution in [2.75, 3.05) is 0 Å². The summed E-state index contributed by atoms with van der Waals surface area (Å²) in [6.45, 7) is 1.00. The van der Waals surface area contributed by atoms with E-state index in [1.807, 2.05) is 6.07 Å². The Balaban J connectivity index is 3.13. The van der Waals surface area contributed by atoms with Crippen molar-refractivity contribution in [3.05, 3.63) is 35.4 Å². The maximum atomic E-state index is 13.0. The lowest BCUT2D eigenvalue weighted by atomic mass is 9.96. The fourth-order valence-corrected chi connectivity index (χ4v) is 1.26. The van der Waals surface area contributed by atoms with Crippen LogP contribution < -0.4 is 0 Å². The third kappa shape index (κ3) is 2.33. The number of aliphatic hydroxyl groups is 1. The molecule has 0 aliphatic carbocycles. The first-order chi connectivity index (χ1) is 6.79. The maximum Gasteiger partial charge on any atom is 0.333 e.